The molecule has 8 heteroatoms. The molecule has 0 saturated carbocycles. The molecule has 0 unspecified atom stereocenters. The van der Waals surface area contributed by atoms with Gasteiger partial charge in [-0.3, -0.25) is 0 Å². The van der Waals surface area contributed by atoms with E-state index in [1.807, 2.05) is 59.9 Å². The molecule has 18 aromatic rings. The summed E-state index contributed by atoms with van der Waals surface area (Å²) in [6, 6.07) is 98.6. The van der Waals surface area contributed by atoms with Crippen LogP contribution in [0, 0.1) is 0 Å². The van der Waals surface area contributed by atoms with Crippen LogP contribution >= 0.6 is 22.7 Å². The van der Waals surface area contributed by atoms with Crippen molar-refractivity contribution in [2.75, 3.05) is 0 Å². The van der Waals surface area contributed by atoms with Gasteiger partial charge in [0.2, 0.25) is 0 Å². The Morgan fingerprint density at radius 1 is 0.227 bits per heavy atom. The van der Waals surface area contributed by atoms with Crippen molar-refractivity contribution in [1.82, 2.24) is 19.9 Å². The van der Waals surface area contributed by atoms with Crippen molar-refractivity contribution in [2.24, 2.45) is 0 Å². The molecular formula is C80H46N4O2S2. The second-order valence-electron chi connectivity index (χ2n) is 22.4. The average Bonchev–Trinajstić information content (AvgIpc) is 1.80. The predicted molar refractivity (Wildman–Crippen MR) is 367 cm³/mol. The lowest BCUT2D eigenvalue weighted by Gasteiger charge is -2.13. The minimum Gasteiger partial charge on any atom is -0.456 e. The van der Waals surface area contributed by atoms with Crippen LogP contribution in [0.25, 0.3) is 185 Å². The van der Waals surface area contributed by atoms with E-state index in [1.165, 1.54) is 24.9 Å². The van der Waals surface area contributed by atoms with Crippen LogP contribution in [-0.4, -0.2) is 19.9 Å². The van der Waals surface area contributed by atoms with Gasteiger partial charge in [0.25, 0.3) is 0 Å². The molecule has 0 aliphatic heterocycles. The Balaban J connectivity index is 0.789. The quantitative estimate of drug-likeness (QED) is 0.143. The molecule has 0 saturated heterocycles. The van der Waals surface area contributed by atoms with Crippen molar-refractivity contribution in [3.05, 3.63) is 279 Å². The van der Waals surface area contributed by atoms with E-state index in [9.17, 15) is 0 Å². The zero-order chi connectivity index (χ0) is 57.8. The fraction of sp³-hybridized carbons (Fsp3) is 0. The van der Waals surface area contributed by atoms with Crippen LogP contribution in [0.5, 0.6) is 0 Å². The van der Waals surface area contributed by atoms with Gasteiger partial charge in [0, 0.05) is 95.3 Å². The maximum absolute atomic E-state index is 6.40. The van der Waals surface area contributed by atoms with Gasteiger partial charge in [0.1, 0.15) is 22.3 Å². The predicted octanol–water partition coefficient (Wildman–Crippen LogP) is 22.8. The summed E-state index contributed by atoms with van der Waals surface area (Å²) in [6.07, 6.45) is 0. The highest BCUT2D eigenvalue weighted by atomic mass is 32.1. The van der Waals surface area contributed by atoms with Crippen LogP contribution < -0.4 is 0 Å². The van der Waals surface area contributed by atoms with Crippen molar-refractivity contribution in [2.45, 2.75) is 0 Å². The van der Waals surface area contributed by atoms with E-state index in [0.717, 1.165) is 149 Å². The minimum absolute atomic E-state index is 0.651. The number of hydrogen-bond donors (Lipinski definition) is 0. The second kappa shape index (κ2) is 20.2. The standard InChI is InChI=1S/C80H46N4O2S2/c1-4-16-47(17-5-1)66-46-69(83-79(81-66)49-20-8-3-9-21-49)63-38-37-56(76-64-36-32-53(44-75(64)88-78(63)76)51-30-34-59-57-24-10-12-28-70(57)86-73(59)42-51)54-22-14-23-55(40-54)80-82-67(48-18-6-2-7-19-48)45-68(84-80)62-27-15-26-61-60-35-31-52(43-74(60)87-77(61)62)50-33-39-72-65(41-50)58-25-11-13-29-71(58)85-72/h1-46H. The molecule has 410 valence electrons. The number of nitrogens with zero attached hydrogens (tertiary/aromatic N) is 4. The van der Waals surface area contributed by atoms with Gasteiger partial charge in [-0.1, -0.05) is 212 Å². The zero-order valence-corrected chi connectivity index (χ0v) is 48.6. The van der Waals surface area contributed by atoms with Gasteiger partial charge in [-0.25, -0.2) is 19.9 Å². The Bertz CT molecular complexity index is 5770. The molecule has 0 radical (unpaired) electrons. The van der Waals surface area contributed by atoms with E-state index in [4.69, 9.17) is 28.8 Å². The van der Waals surface area contributed by atoms with E-state index in [2.05, 4.69) is 231 Å². The van der Waals surface area contributed by atoms with Gasteiger partial charge in [-0.15, -0.1) is 22.7 Å². The van der Waals surface area contributed by atoms with Crippen LogP contribution in [0.15, 0.2) is 288 Å². The fourth-order valence-electron chi connectivity index (χ4n) is 12.8. The van der Waals surface area contributed by atoms with Crippen molar-refractivity contribution in [1.29, 1.82) is 0 Å². The number of fused-ring (bicyclic) bond motifs is 12. The van der Waals surface area contributed by atoms with Crippen molar-refractivity contribution >= 4 is 107 Å². The molecule has 0 aliphatic carbocycles. The third kappa shape index (κ3) is 8.44. The van der Waals surface area contributed by atoms with Crippen molar-refractivity contribution < 1.29 is 8.83 Å². The van der Waals surface area contributed by atoms with E-state index in [1.54, 1.807) is 11.3 Å². The lowest BCUT2D eigenvalue weighted by molar-refractivity contribution is 0.668. The molecule has 0 fully saturated rings. The SMILES string of the molecule is c1ccc(-c2cc(-c3cccc4c3sc3cc(-c5ccc6oc7ccccc7c6c5)ccc34)nc(-c3cccc(-c4ccc(-c5cc(-c6ccccc6)nc(-c6ccccc6)n5)c5sc6cc(-c7ccc8c(c7)oc7ccccc78)ccc6c45)c3)n2)cc1. The molecule has 88 heavy (non-hydrogen) atoms. The number of hydrogen-bond acceptors (Lipinski definition) is 8. The summed E-state index contributed by atoms with van der Waals surface area (Å²) in [4.78, 5) is 21.5. The molecule has 12 aromatic carbocycles. The van der Waals surface area contributed by atoms with Gasteiger partial charge in [-0.2, -0.15) is 0 Å². The van der Waals surface area contributed by atoms with Gasteiger partial charge in [0.05, 0.1) is 22.8 Å². The summed E-state index contributed by atoms with van der Waals surface area (Å²) in [6.45, 7) is 0. The summed E-state index contributed by atoms with van der Waals surface area (Å²) >= 11 is 3.62. The first-order valence-electron chi connectivity index (χ1n) is 29.4. The number of rotatable bonds is 9. The molecule has 0 aliphatic rings. The van der Waals surface area contributed by atoms with E-state index in [0.29, 0.717) is 11.6 Å². The highest BCUT2D eigenvalue weighted by Crippen LogP contribution is 2.48. The Labute approximate surface area is 512 Å². The van der Waals surface area contributed by atoms with Crippen LogP contribution in [0.2, 0.25) is 0 Å². The number of para-hydroxylation sites is 2. The number of benzene rings is 12. The van der Waals surface area contributed by atoms with Gasteiger partial charge >= 0.3 is 0 Å². The highest BCUT2D eigenvalue weighted by Gasteiger charge is 2.22. The largest absolute Gasteiger partial charge is 0.456 e. The number of furan rings is 2. The molecule has 6 nitrogen and oxygen atoms in total. The van der Waals surface area contributed by atoms with E-state index in [-0.39, 0.29) is 0 Å². The summed E-state index contributed by atoms with van der Waals surface area (Å²) in [5.74, 6) is 1.33. The molecule has 6 heterocycles. The van der Waals surface area contributed by atoms with Crippen LogP contribution in [0.4, 0.5) is 0 Å². The molecule has 0 amide bonds. The first-order chi connectivity index (χ1) is 43.5. The van der Waals surface area contributed by atoms with E-state index >= 15 is 0 Å². The molecular weight excluding hydrogens is 1110 g/mol. The van der Waals surface area contributed by atoms with Crippen molar-refractivity contribution in [3.8, 4) is 101 Å². The summed E-state index contributed by atoms with van der Waals surface area (Å²) < 4.78 is 17.3. The molecule has 0 N–H and O–H groups in total. The average molecular weight is 1160 g/mol. The lowest BCUT2D eigenvalue weighted by atomic mass is 9.94. The minimum atomic E-state index is 0.651. The van der Waals surface area contributed by atoms with Crippen LogP contribution in [-0.2, 0) is 0 Å². The molecule has 18 rings (SSSR count). The first kappa shape index (κ1) is 50.2. The maximum Gasteiger partial charge on any atom is 0.160 e. The fourth-order valence-corrected chi connectivity index (χ4v) is 15.4. The Kier molecular flexibility index (Phi) is 11.5. The molecule has 0 bridgehead atoms. The van der Waals surface area contributed by atoms with Gasteiger partial charge < -0.3 is 8.83 Å². The third-order valence-corrected chi connectivity index (χ3v) is 19.5. The Hall–Kier alpha value is -11.2. The zero-order valence-electron chi connectivity index (χ0n) is 47.0. The highest BCUT2D eigenvalue weighted by molar-refractivity contribution is 7.26. The van der Waals surface area contributed by atoms with E-state index < -0.39 is 0 Å². The molecule has 0 atom stereocenters. The normalized spacial score (nSPS) is 11.9. The Morgan fingerprint density at radius 2 is 0.682 bits per heavy atom. The topological polar surface area (TPSA) is 77.8 Å². The van der Waals surface area contributed by atoms with Crippen LogP contribution in [0.3, 0.4) is 0 Å². The summed E-state index contributed by atoms with van der Waals surface area (Å²) in [5, 5.41) is 9.22. The third-order valence-electron chi connectivity index (χ3n) is 17.1. The Morgan fingerprint density at radius 3 is 1.39 bits per heavy atom. The summed E-state index contributed by atoms with van der Waals surface area (Å²) in [7, 11) is 0. The maximum atomic E-state index is 6.40. The lowest BCUT2D eigenvalue weighted by Crippen LogP contribution is -1.97. The molecule has 6 aromatic heterocycles. The monoisotopic (exact) mass is 1160 g/mol. The number of thiophene rings is 2. The van der Waals surface area contributed by atoms with Crippen molar-refractivity contribution in [3.63, 3.8) is 0 Å². The van der Waals surface area contributed by atoms with Crippen LogP contribution in [0.1, 0.15) is 0 Å². The molecule has 0 spiro atoms. The number of aromatic nitrogens is 4. The second-order valence-corrected chi connectivity index (χ2v) is 24.5. The summed E-state index contributed by atoms with van der Waals surface area (Å²) in [5.41, 5.74) is 19.7. The van der Waals surface area contributed by atoms with Gasteiger partial charge in [0.15, 0.2) is 11.6 Å². The van der Waals surface area contributed by atoms with Gasteiger partial charge in [-0.05, 0) is 100 Å². The first-order valence-corrected chi connectivity index (χ1v) is 31.0. The smallest absolute Gasteiger partial charge is 0.160 e.